The van der Waals surface area contributed by atoms with Gasteiger partial charge in [0, 0.05) is 32.4 Å². The Morgan fingerprint density at radius 2 is 1.96 bits per heavy atom. The van der Waals surface area contributed by atoms with E-state index in [-0.39, 0.29) is 5.91 Å². The van der Waals surface area contributed by atoms with Crippen LogP contribution in [0.2, 0.25) is 0 Å². The Balaban J connectivity index is 1.60. The Morgan fingerprint density at radius 1 is 1.12 bits per heavy atom. The number of fused-ring (bicyclic) bond motifs is 1. The molecule has 1 aromatic heterocycles. The van der Waals surface area contributed by atoms with Gasteiger partial charge in [-0.3, -0.25) is 4.79 Å². The molecule has 0 spiro atoms. The van der Waals surface area contributed by atoms with E-state index in [0.717, 1.165) is 43.4 Å². The predicted molar refractivity (Wildman–Crippen MR) is 103 cm³/mol. The van der Waals surface area contributed by atoms with Crippen LogP contribution < -0.4 is 5.32 Å². The summed E-state index contributed by atoms with van der Waals surface area (Å²) in [5.74, 6) is -0.0451. The number of methoxy groups -OCH3 is 1. The first-order chi connectivity index (χ1) is 12.8. The summed E-state index contributed by atoms with van der Waals surface area (Å²) in [4.78, 5) is 16.8. The van der Waals surface area contributed by atoms with E-state index in [2.05, 4.69) is 27.0 Å². The monoisotopic (exact) mass is 351 g/mol. The van der Waals surface area contributed by atoms with Crippen molar-refractivity contribution in [1.82, 2.24) is 14.9 Å². The molecule has 0 unspecified atom stereocenters. The lowest BCUT2D eigenvalue weighted by Crippen LogP contribution is -2.24. The molecule has 3 aromatic rings. The minimum atomic E-state index is -0.0451. The Morgan fingerprint density at radius 3 is 2.77 bits per heavy atom. The lowest BCUT2D eigenvalue weighted by Gasteiger charge is -2.07. The number of hydrogen-bond acceptors (Lipinski definition) is 3. The maximum atomic E-state index is 12.3. The summed E-state index contributed by atoms with van der Waals surface area (Å²) in [6.45, 7) is 2.23. The number of nitrogens with zero attached hydrogens (tertiary/aromatic N) is 2. The van der Waals surface area contributed by atoms with E-state index in [9.17, 15) is 4.79 Å². The van der Waals surface area contributed by atoms with Crippen LogP contribution in [0.15, 0.2) is 54.9 Å². The highest BCUT2D eigenvalue weighted by Gasteiger charge is 2.09. The lowest BCUT2D eigenvalue weighted by atomic mass is 10.1. The van der Waals surface area contributed by atoms with Crippen LogP contribution in [0, 0.1) is 0 Å². The molecule has 0 saturated carbocycles. The number of ether oxygens (including phenoxy) is 1. The highest BCUT2D eigenvalue weighted by atomic mass is 16.5. The van der Waals surface area contributed by atoms with Gasteiger partial charge in [-0.25, -0.2) is 4.98 Å². The summed E-state index contributed by atoms with van der Waals surface area (Å²) >= 11 is 0. The molecule has 136 valence electrons. The lowest BCUT2D eigenvalue weighted by molar-refractivity contribution is 0.0952. The average Bonchev–Trinajstić information content (AvgIpc) is 3.07. The number of nitrogens with one attached hydrogen (secondary N) is 1. The molecule has 3 rings (SSSR count). The summed E-state index contributed by atoms with van der Waals surface area (Å²) in [5.41, 5.74) is 3.75. The Hall–Kier alpha value is -2.66. The van der Waals surface area contributed by atoms with Crippen LogP contribution in [0.1, 0.15) is 35.2 Å². The SMILES string of the molecule is COCCCCCNC(=O)c1ccc2c(c1)ncn2Cc1ccccc1. The van der Waals surface area contributed by atoms with Crippen molar-refractivity contribution in [3.8, 4) is 0 Å². The number of unbranched alkanes of at least 4 members (excludes halogenated alkanes) is 2. The van der Waals surface area contributed by atoms with Crippen molar-refractivity contribution < 1.29 is 9.53 Å². The van der Waals surface area contributed by atoms with E-state index in [1.165, 1.54) is 5.56 Å². The van der Waals surface area contributed by atoms with E-state index in [1.807, 2.05) is 42.7 Å². The van der Waals surface area contributed by atoms with E-state index < -0.39 is 0 Å². The molecule has 0 atom stereocenters. The van der Waals surface area contributed by atoms with Crippen molar-refractivity contribution in [2.45, 2.75) is 25.8 Å². The van der Waals surface area contributed by atoms with Crippen LogP contribution >= 0.6 is 0 Å². The van der Waals surface area contributed by atoms with Crippen LogP contribution in [0.25, 0.3) is 11.0 Å². The molecule has 5 heteroatoms. The van der Waals surface area contributed by atoms with Crippen molar-refractivity contribution in [3.63, 3.8) is 0 Å². The van der Waals surface area contributed by atoms with Crippen LogP contribution in [0.3, 0.4) is 0 Å². The first-order valence-electron chi connectivity index (χ1n) is 9.04. The third-order valence-corrected chi connectivity index (χ3v) is 4.39. The molecular weight excluding hydrogens is 326 g/mol. The van der Waals surface area contributed by atoms with Gasteiger partial charge in [0.1, 0.15) is 0 Å². The fourth-order valence-electron chi connectivity index (χ4n) is 2.96. The first-order valence-corrected chi connectivity index (χ1v) is 9.04. The van der Waals surface area contributed by atoms with Gasteiger partial charge in [-0.15, -0.1) is 0 Å². The number of carbonyl (C=O) groups excluding carboxylic acids is 1. The maximum absolute atomic E-state index is 12.3. The number of carbonyl (C=O) groups is 1. The van der Waals surface area contributed by atoms with Crippen molar-refractivity contribution >= 4 is 16.9 Å². The van der Waals surface area contributed by atoms with Crippen molar-refractivity contribution in [1.29, 1.82) is 0 Å². The standard InChI is InChI=1S/C21H25N3O2/c1-26-13-7-3-6-12-22-21(25)18-10-11-20-19(14-18)23-16-24(20)15-17-8-4-2-5-9-17/h2,4-5,8-11,14,16H,3,6-7,12-13,15H2,1H3,(H,22,25). The fraction of sp³-hybridized carbons (Fsp3) is 0.333. The molecule has 0 aliphatic heterocycles. The molecule has 1 heterocycles. The molecule has 26 heavy (non-hydrogen) atoms. The van der Waals surface area contributed by atoms with Gasteiger partial charge < -0.3 is 14.6 Å². The second kappa shape index (κ2) is 9.15. The van der Waals surface area contributed by atoms with Crippen molar-refractivity contribution in [3.05, 3.63) is 66.0 Å². The minimum absolute atomic E-state index is 0.0451. The quantitative estimate of drug-likeness (QED) is 0.599. The van der Waals surface area contributed by atoms with E-state index in [1.54, 1.807) is 7.11 Å². The Bertz CT molecular complexity index is 843. The molecule has 0 bridgehead atoms. The topological polar surface area (TPSA) is 56.1 Å². The number of rotatable bonds is 9. The van der Waals surface area contributed by atoms with Gasteiger partial charge in [-0.2, -0.15) is 0 Å². The van der Waals surface area contributed by atoms with Crippen LogP contribution in [-0.4, -0.2) is 35.7 Å². The molecule has 2 aromatic carbocycles. The molecule has 1 amide bonds. The molecule has 0 aliphatic carbocycles. The van der Waals surface area contributed by atoms with Gasteiger partial charge >= 0.3 is 0 Å². The van der Waals surface area contributed by atoms with Gasteiger partial charge in [-0.1, -0.05) is 30.3 Å². The molecule has 0 radical (unpaired) electrons. The molecule has 5 nitrogen and oxygen atoms in total. The number of amides is 1. The largest absolute Gasteiger partial charge is 0.385 e. The van der Waals surface area contributed by atoms with Crippen molar-refractivity contribution in [2.24, 2.45) is 0 Å². The molecule has 1 N–H and O–H groups in total. The van der Waals surface area contributed by atoms with Crippen LogP contribution in [-0.2, 0) is 11.3 Å². The van der Waals surface area contributed by atoms with Gasteiger partial charge in [0.05, 0.1) is 17.4 Å². The van der Waals surface area contributed by atoms with Gasteiger partial charge in [-0.05, 0) is 43.0 Å². The van der Waals surface area contributed by atoms with Crippen molar-refractivity contribution in [2.75, 3.05) is 20.3 Å². The zero-order chi connectivity index (χ0) is 18.2. The summed E-state index contributed by atoms with van der Waals surface area (Å²) in [6, 6.07) is 16.0. The van der Waals surface area contributed by atoms with Crippen LogP contribution in [0.5, 0.6) is 0 Å². The molecular formula is C21H25N3O2. The minimum Gasteiger partial charge on any atom is -0.385 e. The van der Waals surface area contributed by atoms with E-state index in [4.69, 9.17) is 4.74 Å². The normalized spacial score (nSPS) is 11.0. The number of hydrogen-bond donors (Lipinski definition) is 1. The van der Waals surface area contributed by atoms with Crippen LogP contribution in [0.4, 0.5) is 0 Å². The highest BCUT2D eigenvalue weighted by molar-refractivity contribution is 5.97. The zero-order valence-electron chi connectivity index (χ0n) is 15.1. The first kappa shape index (κ1) is 18.1. The second-order valence-electron chi connectivity index (χ2n) is 6.37. The van der Waals surface area contributed by atoms with E-state index in [0.29, 0.717) is 12.1 Å². The summed E-state index contributed by atoms with van der Waals surface area (Å²) < 4.78 is 7.12. The Labute approximate surface area is 154 Å². The maximum Gasteiger partial charge on any atom is 0.251 e. The summed E-state index contributed by atoms with van der Waals surface area (Å²) in [6.07, 6.45) is 4.87. The Kier molecular flexibility index (Phi) is 6.39. The van der Waals surface area contributed by atoms with Gasteiger partial charge in [0.2, 0.25) is 0 Å². The molecule has 0 saturated heterocycles. The third kappa shape index (κ3) is 4.70. The van der Waals surface area contributed by atoms with E-state index >= 15 is 0 Å². The second-order valence-corrected chi connectivity index (χ2v) is 6.37. The smallest absolute Gasteiger partial charge is 0.251 e. The molecule has 0 aliphatic rings. The zero-order valence-corrected chi connectivity index (χ0v) is 15.1. The van der Waals surface area contributed by atoms with Gasteiger partial charge in [0.25, 0.3) is 5.91 Å². The summed E-state index contributed by atoms with van der Waals surface area (Å²) in [5, 5.41) is 2.97. The predicted octanol–water partition coefficient (Wildman–Crippen LogP) is 3.63. The van der Waals surface area contributed by atoms with Gasteiger partial charge in [0.15, 0.2) is 0 Å². The third-order valence-electron chi connectivity index (χ3n) is 4.39. The number of benzene rings is 2. The molecule has 0 fully saturated rings. The summed E-state index contributed by atoms with van der Waals surface area (Å²) in [7, 11) is 1.71. The number of imidazole rings is 1. The number of aromatic nitrogens is 2. The highest BCUT2D eigenvalue weighted by Crippen LogP contribution is 2.16. The average molecular weight is 351 g/mol. The fourth-order valence-corrected chi connectivity index (χ4v) is 2.96.